The van der Waals surface area contributed by atoms with Crippen LogP contribution in [0.4, 0.5) is 17.1 Å². The Bertz CT molecular complexity index is 2550. The van der Waals surface area contributed by atoms with Gasteiger partial charge in [-0.2, -0.15) is 0 Å². The topological polar surface area (TPSA) is 29.3 Å². The first-order chi connectivity index (χ1) is 23.8. The van der Waals surface area contributed by atoms with Crippen molar-refractivity contribution in [3.05, 3.63) is 182 Å². The second-order valence-corrected chi connectivity index (χ2v) is 12.0. The summed E-state index contributed by atoms with van der Waals surface area (Å²) in [6.45, 7) is 0. The molecule has 9 rings (SSSR count). The number of rotatable bonds is 6. The van der Waals surface area contributed by atoms with Crippen LogP contribution in [-0.4, -0.2) is 4.98 Å². The van der Waals surface area contributed by atoms with Crippen molar-refractivity contribution < 1.29 is 4.42 Å². The van der Waals surface area contributed by atoms with Crippen LogP contribution in [-0.2, 0) is 0 Å². The zero-order valence-corrected chi connectivity index (χ0v) is 26.1. The van der Waals surface area contributed by atoms with E-state index in [1.165, 1.54) is 27.5 Å². The third kappa shape index (κ3) is 4.99. The molecule has 0 fully saturated rings. The Morgan fingerprint density at radius 2 is 1.04 bits per heavy atom. The molecular weight excluding hydrogens is 585 g/mol. The van der Waals surface area contributed by atoms with E-state index in [2.05, 4.69) is 187 Å². The van der Waals surface area contributed by atoms with Crippen LogP contribution in [0.15, 0.2) is 186 Å². The SMILES string of the molecule is c1ccc(-c2ccc(N(c3ccc4c(ccc5nc(-c6ccc7ccccc7c6)oc54)c3)c3ccccc3-c3ccccc3)cc2)cc1. The second kappa shape index (κ2) is 11.7. The molecule has 0 N–H and O–H groups in total. The van der Waals surface area contributed by atoms with Crippen LogP contribution < -0.4 is 4.90 Å². The summed E-state index contributed by atoms with van der Waals surface area (Å²) in [6.07, 6.45) is 0. The summed E-state index contributed by atoms with van der Waals surface area (Å²) in [5, 5.41) is 4.48. The van der Waals surface area contributed by atoms with E-state index < -0.39 is 0 Å². The van der Waals surface area contributed by atoms with Crippen LogP contribution in [0.1, 0.15) is 0 Å². The summed E-state index contributed by atoms with van der Waals surface area (Å²) in [6, 6.07) is 64.1. The summed E-state index contributed by atoms with van der Waals surface area (Å²) in [5.74, 6) is 0.629. The van der Waals surface area contributed by atoms with Crippen molar-refractivity contribution in [2.75, 3.05) is 4.90 Å². The Morgan fingerprint density at radius 1 is 0.417 bits per heavy atom. The van der Waals surface area contributed by atoms with Gasteiger partial charge in [0.2, 0.25) is 5.89 Å². The number of para-hydroxylation sites is 1. The molecule has 3 nitrogen and oxygen atoms in total. The molecule has 0 aliphatic carbocycles. The van der Waals surface area contributed by atoms with Crippen LogP contribution >= 0.6 is 0 Å². The average Bonchev–Trinajstić information content (AvgIpc) is 3.61. The normalized spacial score (nSPS) is 11.3. The van der Waals surface area contributed by atoms with Gasteiger partial charge in [0.05, 0.1) is 5.69 Å². The summed E-state index contributed by atoms with van der Waals surface area (Å²) in [7, 11) is 0. The molecule has 0 aliphatic rings. The molecule has 0 radical (unpaired) electrons. The smallest absolute Gasteiger partial charge is 0.227 e. The first-order valence-corrected chi connectivity index (χ1v) is 16.2. The fourth-order valence-corrected chi connectivity index (χ4v) is 6.68. The lowest BCUT2D eigenvalue weighted by Crippen LogP contribution is -2.11. The van der Waals surface area contributed by atoms with E-state index in [-0.39, 0.29) is 0 Å². The summed E-state index contributed by atoms with van der Waals surface area (Å²) >= 11 is 0. The molecule has 8 aromatic carbocycles. The predicted molar refractivity (Wildman–Crippen MR) is 200 cm³/mol. The number of nitrogens with zero attached hydrogens (tertiary/aromatic N) is 2. The Kier molecular flexibility index (Phi) is 6.80. The standard InChI is InChI=1S/C45H30N2O/c1-3-11-31(12-4-1)33-21-24-38(25-22-33)47(43-18-10-9-17-40(43)34-14-5-2-6-15-34)39-26-27-41-36(30-39)23-28-42-44(41)48-45(46-42)37-20-19-32-13-7-8-16-35(32)29-37/h1-30H. The van der Waals surface area contributed by atoms with Crippen molar-refractivity contribution in [1.82, 2.24) is 4.98 Å². The molecule has 226 valence electrons. The third-order valence-electron chi connectivity index (χ3n) is 9.07. The van der Waals surface area contributed by atoms with Gasteiger partial charge in [0.15, 0.2) is 5.58 Å². The molecule has 9 aromatic rings. The van der Waals surface area contributed by atoms with Crippen LogP contribution in [0, 0.1) is 0 Å². The average molecular weight is 615 g/mol. The van der Waals surface area contributed by atoms with Gasteiger partial charge in [-0.05, 0) is 87.4 Å². The molecule has 1 heterocycles. The van der Waals surface area contributed by atoms with E-state index in [1.54, 1.807) is 0 Å². The number of fused-ring (bicyclic) bond motifs is 4. The fraction of sp³-hybridized carbons (Fsp3) is 0. The van der Waals surface area contributed by atoms with Gasteiger partial charge < -0.3 is 9.32 Å². The quantitative estimate of drug-likeness (QED) is 0.187. The first kappa shape index (κ1) is 27.8. The van der Waals surface area contributed by atoms with Crippen molar-refractivity contribution in [2.45, 2.75) is 0 Å². The van der Waals surface area contributed by atoms with E-state index in [9.17, 15) is 0 Å². The molecular formula is C45H30N2O. The first-order valence-electron chi connectivity index (χ1n) is 16.2. The Labute approximate surface area is 279 Å². The van der Waals surface area contributed by atoms with Crippen molar-refractivity contribution in [1.29, 1.82) is 0 Å². The highest BCUT2D eigenvalue weighted by Crippen LogP contribution is 2.43. The van der Waals surface area contributed by atoms with Gasteiger partial charge in [-0.3, -0.25) is 0 Å². The fourth-order valence-electron chi connectivity index (χ4n) is 6.68. The molecule has 48 heavy (non-hydrogen) atoms. The van der Waals surface area contributed by atoms with Crippen LogP contribution in [0.3, 0.4) is 0 Å². The lowest BCUT2D eigenvalue weighted by molar-refractivity contribution is 0.623. The van der Waals surface area contributed by atoms with Gasteiger partial charge in [0.25, 0.3) is 0 Å². The van der Waals surface area contributed by atoms with E-state index in [0.717, 1.165) is 50.1 Å². The largest absolute Gasteiger partial charge is 0.435 e. The van der Waals surface area contributed by atoms with Gasteiger partial charge in [0, 0.05) is 27.9 Å². The van der Waals surface area contributed by atoms with Crippen molar-refractivity contribution >= 4 is 49.7 Å². The summed E-state index contributed by atoms with van der Waals surface area (Å²) < 4.78 is 6.49. The number of anilines is 3. The Hall–Kier alpha value is -6.45. The van der Waals surface area contributed by atoms with Gasteiger partial charge >= 0.3 is 0 Å². The number of aromatic nitrogens is 1. The van der Waals surface area contributed by atoms with Gasteiger partial charge in [-0.1, -0.05) is 127 Å². The van der Waals surface area contributed by atoms with Gasteiger partial charge in [-0.25, -0.2) is 4.98 Å². The minimum Gasteiger partial charge on any atom is -0.435 e. The third-order valence-corrected chi connectivity index (χ3v) is 9.07. The maximum absolute atomic E-state index is 6.49. The van der Waals surface area contributed by atoms with E-state index in [4.69, 9.17) is 9.40 Å². The zero-order chi connectivity index (χ0) is 31.9. The lowest BCUT2D eigenvalue weighted by Gasteiger charge is -2.28. The van der Waals surface area contributed by atoms with E-state index >= 15 is 0 Å². The molecule has 1 aromatic heterocycles. The van der Waals surface area contributed by atoms with Crippen LogP contribution in [0.5, 0.6) is 0 Å². The lowest BCUT2D eigenvalue weighted by atomic mass is 10.0. The molecule has 3 heteroatoms. The number of hydrogen-bond acceptors (Lipinski definition) is 3. The molecule has 0 saturated carbocycles. The number of oxazole rings is 1. The van der Waals surface area contributed by atoms with Crippen molar-refractivity contribution in [3.8, 4) is 33.7 Å². The van der Waals surface area contributed by atoms with Gasteiger partial charge in [-0.15, -0.1) is 0 Å². The zero-order valence-electron chi connectivity index (χ0n) is 26.1. The van der Waals surface area contributed by atoms with Crippen LogP contribution in [0.2, 0.25) is 0 Å². The second-order valence-electron chi connectivity index (χ2n) is 12.0. The maximum Gasteiger partial charge on any atom is 0.227 e. The summed E-state index contributed by atoms with van der Waals surface area (Å²) in [5.41, 5.74) is 10.6. The minimum atomic E-state index is 0.629. The van der Waals surface area contributed by atoms with Crippen molar-refractivity contribution in [2.24, 2.45) is 0 Å². The highest BCUT2D eigenvalue weighted by atomic mass is 16.3. The predicted octanol–water partition coefficient (Wildman–Crippen LogP) is 12.6. The van der Waals surface area contributed by atoms with E-state index in [1.807, 2.05) is 0 Å². The highest BCUT2D eigenvalue weighted by Gasteiger charge is 2.19. The molecule has 0 amide bonds. The number of benzene rings is 8. The minimum absolute atomic E-state index is 0.629. The van der Waals surface area contributed by atoms with Crippen LogP contribution in [0.25, 0.3) is 66.4 Å². The monoisotopic (exact) mass is 614 g/mol. The molecule has 0 aliphatic heterocycles. The molecule has 0 saturated heterocycles. The van der Waals surface area contributed by atoms with Gasteiger partial charge in [0.1, 0.15) is 5.52 Å². The Morgan fingerprint density at radius 3 is 1.85 bits per heavy atom. The molecule has 0 unspecified atom stereocenters. The molecule has 0 bridgehead atoms. The Balaban J connectivity index is 1.18. The van der Waals surface area contributed by atoms with Crippen molar-refractivity contribution in [3.63, 3.8) is 0 Å². The molecule has 0 atom stereocenters. The highest BCUT2D eigenvalue weighted by molar-refractivity contribution is 6.05. The van der Waals surface area contributed by atoms with E-state index in [0.29, 0.717) is 5.89 Å². The molecule has 0 spiro atoms. The maximum atomic E-state index is 6.49. The number of hydrogen-bond donors (Lipinski definition) is 0. The summed E-state index contributed by atoms with van der Waals surface area (Å²) in [4.78, 5) is 7.24.